The van der Waals surface area contributed by atoms with E-state index in [9.17, 15) is 8.42 Å². The maximum atomic E-state index is 11.9. The molecule has 3 rings (SSSR count). The number of fused-ring (bicyclic) bond motifs is 1. The highest BCUT2D eigenvalue weighted by Gasteiger charge is 2.18. The van der Waals surface area contributed by atoms with Gasteiger partial charge in [0, 0.05) is 27.2 Å². The Morgan fingerprint density at radius 2 is 1.86 bits per heavy atom. The van der Waals surface area contributed by atoms with Crippen molar-refractivity contribution in [1.82, 2.24) is 4.98 Å². The standard InChI is InChI=1S/C16H13BrN2O2S/c1-10-4-7-15(22(18,20)21)13(9-10)11-5-6-14(17)12-3-2-8-19-16(11)12/h2-9H,1H3,(H2,18,20,21). The van der Waals surface area contributed by atoms with E-state index in [1.165, 1.54) is 6.07 Å². The van der Waals surface area contributed by atoms with Crippen molar-refractivity contribution in [2.75, 3.05) is 0 Å². The van der Waals surface area contributed by atoms with Gasteiger partial charge < -0.3 is 0 Å². The van der Waals surface area contributed by atoms with Gasteiger partial charge in [0.1, 0.15) is 0 Å². The summed E-state index contributed by atoms with van der Waals surface area (Å²) >= 11 is 3.49. The zero-order valence-electron chi connectivity index (χ0n) is 11.7. The fourth-order valence-corrected chi connectivity index (χ4v) is 3.64. The van der Waals surface area contributed by atoms with Crippen LogP contribution in [0, 0.1) is 6.92 Å². The molecule has 2 aromatic carbocycles. The molecule has 0 atom stereocenters. The van der Waals surface area contributed by atoms with Crippen molar-refractivity contribution in [3.8, 4) is 11.1 Å². The Morgan fingerprint density at radius 1 is 1.09 bits per heavy atom. The van der Waals surface area contributed by atoms with Gasteiger partial charge in [-0.3, -0.25) is 4.98 Å². The SMILES string of the molecule is Cc1ccc(S(N)(=O)=O)c(-c2ccc(Br)c3cccnc23)c1. The Bertz CT molecular complexity index is 985. The molecule has 2 N–H and O–H groups in total. The van der Waals surface area contributed by atoms with E-state index in [0.29, 0.717) is 5.56 Å². The lowest BCUT2D eigenvalue weighted by molar-refractivity contribution is 0.598. The van der Waals surface area contributed by atoms with Gasteiger partial charge in [0.05, 0.1) is 10.4 Å². The summed E-state index contributed by atoms with van der Waals surface area (Å²) in [5, 5.41) is 6.28. The van der Waals surface area contributed by atoms with Crippen LogP contribution in [-0.2, 0) is 10.0 Å². The molecule has 3 aromatic rings. The van der Waals surface area contributed by atoms with Gasteiger partial charge in [-0.1, -0.05) is 39.7 Å². The van der Waals surface area contributed by atoms with E-state index >= 15 is 0 Å². The van der Waals surface area contributed by atoms with Crippen molar-refractivity contribution >= 4 is 36.9 Å². The normalized spacial score (nSPS) is 11.8. The molecule has 1 aromatic heterocycles. The van der Waals surface area contributed by atoms with Crippen LogP contribution in [0.2, 0.25) is 0 Å². The molecule has 0 saturated heterocycles. The fourth-order valence-electron chi connectivity index (χ4n) is 2.46. The van der Waals surface area contributed by atoms with Crippen molar-refractivity contribution < 1.29 is 8.42 Å². The van der Waals surface area contributed by atoms with Gasteiger partial charge in [0.25, 0.3) is 0 Å². The predicted molar refractivity (Wildman–Crippen MR) is 91.0 cm³/mol. The number of pyridine rings is 1. The third-order valence-electron chi connectivity index (χ3n) is 3.45. The number of halogens is 1. The average Bonchev–Trinajstić information content (AvgIpc) is 2.46. The molecule has 0 amide bonds. The van der Waals surface area contributed by atoms with Crippen LogP contribution in [0.5, 0.6) is 0 Å². The van der Waals surface area contributed by atoms with E-state index in [2.05, 4.69) is 20.9 Å². The molecule has 0 fully saturated rings. The van der Waals surface area contributed by atoms with Crippen molar-refractivity contribution in [2.24, 2.45) is 5.14 Å². The van der Waals surface area contributed by atoms with Crippen LogP contribution in [0.3, 0.4) is 0 Å². The van der Waals surface area contributed by atoms with Crippen LogP contribution in [-0.4, -0.2) is 13.4 Å². The summed E-state index contributed by atoms with van der Waals surface area (Å²) < 4.78 is 24.7. The number of primary sulfonamides is 1. The number of nitrogens with two attached hydrogens (primary N) is 1. The van der Waals surface area contributed by atoms with Gasteiger partial charge in [0.2, 0.25) is 10.0 Å². The van der Waals surface area contributed by atoms with Crippen molar-refractivity contribution in [3.63, 3.8) is 0 Å². The van der Waals surface area contributed by atoms with Gasteiger partial charge in [-0.15, -0.1) is 0 Å². The summed E-state index contributed by atoms with van der Waals surface area (Å²) in [7, 11) is -3.82. The Hall–Kier alpha value is -1.76. The summed E-state index contributed by atoms with van der Waals surface area (Å²) in [6, 6.07) is 12.6. The number of hydrogen-bond donors (Lipinski definition) is 1. The first-order valence-corrected chi connectivity index (χ1v) is 8.89. The Labute approximate surface area is 137 Å². The van der Waals surface area contributed by atoms with Gasteiger partial charge in [0.15, 0.2) is 0 Å². The monoisotopic (exact) mass is 376 g/mol. The quantitative estimate of drug-likeness (QED) is 0.741. The minimum absolute atomic E-state index is 0.104. The maximum absolute atomic E-state index is 11.9. The predicted octanol–water partition coefficient (Wildman–Crippen LogP) is 3.62. The number of sulfonamides is 1. The van der Waals surface area contributed by atoms with Crippen molar-refractivity contribution in [1.29, 1.82) is 0 Å². The molecular weight excluding hydrogens is 364 g/mol. The highest BCUT2D eigenvalue weighted by atomic mass is 79.9. The van der Waals surface area contributed by atoms with Crippen molar-refractivity contribution in [2.45, 2.75) is 11.8 Å². The third kappa shape index (κ3) is 2.65. The number of aryl methyl sites for hydroxylation is 1. The van der Waals surface area contributed by atoms with E-state index in [1.54, 1.807) is 12.3 Å². The highest BCUT2D eigenvalue weighted by Crippen LogP contribution is 2.35. The summed E-state index contributed by atoms with van der Waals surface area (Å²) in [6.45, 7) is 1.91. The first-order chi connectivity index (χ1) is 10.4. The van der Waals surface area contributed by atoms with E-state index in [4.69, 9.17) is 5.14 Å². The largest absolute Gasteiger partial charge is 0.256 e. The molecule has 0 aliphatic rings. The maximum Gasteiger partial charge on any atom is 0.238 e. The second-order valence-corrected chi connectivity index (χ2v) is 7.42. The van der Waals surface area contributed by atoms with Gasteiger partial charge in [-0.25, -0.2) is 13.6 Å². The smallest absolute Gasteiger partial charge is 0.238 e. The number of rotatable bonds is 2. The zero-order valence-corrected chi connectivity index (χ0v) is 14.1. The summed E-state index contributed by atoms with van der Waals surface area (Å²) in [6.07, 6.45) is 1.69. The molecule has 0 bridgehead atoms. The summed E-state index contributed by atoms with van der Waals surface area (Å²) in [5.74, 6) is 0. The molecule has 0 spiro atoms. The molecule has 0 saturated carbocycles. The van der Waals surface area contributed by atoms with Crippen molar-refractivity contribution in [3.05, 3.63) is 58.7 Å². The number of hydrogen-bond acceptors (Lipinski definition) is 3. The lowest BCUT2D eigenvalue weighted by atomic mass is 10.0. The molecule has 0 radical (unpaired) electrons. The van der Waals surface area contributed by atoms with Gasteiger partial charge in [-0.05, 0) is 31.2 Å². The zero-order chi connectivity index (χ0) is 15.9. The lowest BCUT2D eigenvalue weighted by Gasteiger charge is -2.12. The Kier molecular flexibility index (Phi) is 3.76. The second-order valence-electron chi connectivity index (χ2n) is 5.04. The van der Waals surface area contributed by atoms with Crippen LogP contribution in [0.4, 0.5) is 0 Å². The minimum atomic E-state index is -3.82. The first-order valence-electron chi connectivity index (χ1n) is 6.55. The van der Waals surface area contributed by atoms with E-state index in [-0.39, 0.29) is 4.90 Å². The molecule has 6 heteroatoms. The second kappa shape index (κ2) is 5.46. The van der Waals surface area contributed by atoms with Crippen LogP contribution in [0.15, 0.2) is 58.0 Å². The first kappa shape index (κ1) is 15.1. The number of nitrogens with zero attached hydrogens (tertiary/aromatic N) is 1. The van der Waals surface area contributed by atoms with Crippen LogP contribution < -0.4 is 5.14 Å². The van der Waals surface area contributed by atoms with Crippen LogP contribution in [0.1, 0.15) is 5.56 Å². The van der Waals surface area contributed by atoms with Gasteiger partial charge >= 0.3 is 0 Å². The van der Waals surface area contributed by atoms with Crippen LogP contribution in [0.25, 0.3) is 22.0 Å². The summed E-state index contributed by atoms with van der Waals surface area (Å²) in [5.41, 5.74) is 2.99. The summed E-state index contributed by atoms with van der Waals surface area (Å²) in [4.78, 5) is 4.51. The number of benzene rings is 2. The third-order valence-corrected chi connectivity index (χ3v) is 5.11. The fraction of sp³-hybridized carbons (Fsp3) is 0.0625. The van der Waals surface area contributed by atoms with E-state index in [1.807, 2.05) is 37.3 Å². The van der Waals surface area contributed by atoms with E-state index in [0.717, 1.165) is 26.5 Å². The Morgan fingerprint density at radius 3 is 2.59 bits per heavy atom. The topological polar surface area (TPSA) is 73.1 Å². The number of aromatic nitrogens is 1. The molecule has 0 aliphatic carbocycles. The molecule has 22 heavy (non-hydrogen) atoms. The molecule has 0 aliphatic heterocycles. The lowest BCUT2D eigenvalue weighted by Crippen LogP contribution is -2.13. The molecule has 0 unspecified atom stereocenters. The molecule has 112 valence electrons. The van der Waals surface area contributed by atoms with Crippen LogP contribution >= 0.6 is 15.9 Å². The Balaban J connectivity index is 2.43. The molecule has 4 nitrogen and oxygen atoms in total. The highest BCUT2D eigenvalue weighted by molar-refractivity contribution is 9.10. The molecule has 1 heterocycles. The average molecular weight is 377 g/mol. The van der Waals surface area contributed by atoms with E-state index < -0.39 is 10.0 Å². The minimum Gasteiger partial charge on any atom is -0.256 e. The van der Waals surface area contributed by atoms with Gasteiger partial charge in [-0.2, -0.15) is 0 Å². The molecular formula is C16H13BrN2O2S.